The number of aryl methyl sites for hydroxylation is 1. The zero-order valence-corrected chi connectivity index (χ0v) is 11.7. The van der Waals surface area contributed by atoms with Crippen molar-refractivity contribution in [1.82, 2.24) is 14.4 Å². The van der Waals surface area contributed by atoms with Gasteiger partial charge >= 0.3 is 0 Å². The lowest BCUT2D eigenvalue weighted by Gasteiger charge is -2.38. The maximum atomic E-state index is 12.3. The van der Waals surface area contributed by atoms with Crippen LogP contribution >= 0.6 is 0 Å². The van der Waals surface area contributed by atoms with E-state index in [4.69, 9.17) is 0 Å². The first-order chi connectivity index (χ1) is 9.17. The van der Waals surface area contributed by atoms with E-state index in [9.17, 15) is 9.90 Å². The molecular formula is C14H23N3O2. The van der Waals surface area contributed by atoms with Crippen LogP contribution in [0.1, 0.15) is 23.8 Å². The first-order valence-corrected chi connectivity index (χ1v) is 6.93. The molecule has 5 nitrogen and oxygen atoms in total. The summed E-state index contributed by atoms with van der Waals surface area (Å²) in [5, 5.41) is 9.31. The molecule has 1 saturated heterocycles. The summed E-state index contributed by atoms with van der Waals surface area (Å²) in [4.78, 5) is 16.5. The van der Waals surface area contributed by atoms with E-state index in [0.29, 0.717) is 0 Å². The van der Waals surface area contributed by atoms with Gasteiger partial charge in [0.1, 0.15) is 5.69 Å². The number of aromatic nitrogens is 1. The number of aliphatic hydroxyl groups excluding tert-OH is 1. The van der Waals surface area contributed by atoms with Gasteiger partial charge in [-0.05, 0) is 18.6 Å². The Bertz CT molecular complexity index is 418. The Balaban J connectivity index is 1.93. The second-order valence-electron chi connectivity index (χ2n) is 5.08. The van der Waals surface area contributed by atoms with Crippen molar-refractivity contribution in [1.29, 1.82) is 0 Å². The van der Waals surface area contributed by atoms with E-state index in [1.165, 1.54) is 0 Å². The monoisotopic (exact) mass is 265 g/mol. The lowest BCUT2D eigenvalue weighted by Crippen LogP contribution is -2.52. The molecule has 0 spiro atoms. The van der Waals surface area contributed by atoms with E-state index in [1.807, 2.05) is 34.8 Å². The van der Waals surface area contributed by atoms with Crippen LogP contribution in [0.2, 0.25) is 0 Å². The zero-order chi connectivity index (χ0) is 13.8. The second-order valence-corrected chi connectivity index (χ2v) is 5.08. The van der Waals surface area contributed by atoms with Crippen molar-refractivity contribution in [2.45, 2.75) is 19.4 Å². The summed E-state index contributed by atoms with van der Waals surface area (Å²) in [7, 11) is 1.89. The summed E-state index contributed by atoms with van der Waals surface area (Å²) < 4.78 is 1.86. The minimum absolute atomic E-state index is 0.101. The highest BCUT2D eigenvalue weighted by molar-refractivity contribution is 5.92. The van der Waals surface area contributed by atoms with Crippen molar-refractivity contribution < 1.29 is 9.90 Å². The minimum Gasteiger partial charge on any atom is -0.395 e. The lowest BCUT2D eigenvalue weighted by atomic mass is 10.1. The van der Waals surface area contributed by atoms with Gasteiger partial charge in [0.2, 0.25) is 0 Å². The molecule has 1 atom stereocenters. The Morgan fingerprint density at radius 1 is 1.37 bits per heavy atom. The Morgan fingerprint density at radius 2 is 2.05 bits per heavy atom. The molecule has 1 aromatic heterocycles. The molecule has 5 heteroatoms. The number of carbonyl (C=O) groups is 1. The van der Waals surface area contributed by atoms with Crippen LogP contribution in [0.15, 0.2) is 18.3 Å². The Kier molecular flexibility index (Phi) is 4.61. The third-order valence-corrected chi connectivity index (χ3v) is 3.96. The molecule has 1 aliphatic heterocycles. The normalized spacial score (nSPS) is 18.6. The summed E-state index contributed by atoms with van der Waals surface area (Å²) in [6, 6.07) is 3.98. The molecule has 1 aromatic rings. The van der Waals surface area contributed by atoms with Gasteiger partial charge < -0.3 is 14.6 Å². The number of piperazine rings is 1. The van der Waals surface area contributed by atoms with Gasteiger partial charge in [0, 0.05) is 45.5 Å². The molecule has 1 amide bonds. The molecule has 106 valence electrons. The molecule has 1 aliphatic rings. The van der Waals surface area contributed by atoms with Crippen molar-refractivity contribution in [3.8, 4) is 0 Å². The molecule has 0 radical (unpaired) electrons. The molecule has 0 bridgehead atoms. The lowest BCUT2D eigenvalue weighted by molar-refractivity contribution is 0.0465. The van der Waals surface area contributed by atoms with Gasteiger partial charge in [-0.3, -0.25) is 9.69 Å². The smallest absolute Gasteiger partial charge is 0.270 e. The summed E-state index contributed by atoms with van der Waals surface area (Å²) in [6.07, 6.45) is 2.84. The molecule has 0 saturated carbocycles. The summed E-state index contributed by atoms with van der Waals surface area (Å²) in [6.45, 7) is 5.44. The van der Waals surface area contributed by atoms with Crippen molar-refractivity contribution in [3.05, 3.63) is 24.0 Å². The van der Waals surface area contributed by atoms with Gasteiger partial charge in [-0.2, -0.15) is 0 Å². The maximum absolute atomic E-state index is 12.3. The van der Waals surface area contributed by atoms with E-state index < -0.39 is 0 Å². The number of hydrogen-bond acceptors (Lipinski definition) is 3. The molecule has 2 heterocycles. The highest BCUT2D eigenvalue weighted by Gasteiger charge is 2.26. The molecule has 1 fully saturated rings. The molecule has 0 aliphatic carbocycles. The van der Waals surface area contributed by atoms with Crippen LogP contribution in [0.4, 0.5) is 0 Å². The molecule has 1 unspecified atom stereocenters. The summed E-state index contributed by atoms with van der Waals surface area (Å²) in [5.41, 5.74) is 0.739. The van der Waals surface area contributed by atoms with Crippen LogP contribution in [0, 0.1) is 0 Å². The average molecular weight is 265 g/mol. The number of nitrogens with zero attached hydrogens (tertiary/aromatic N) is 3. The zero-order valence-electron chi connectivity index (χ0n) is 11.7. The van der Waals surface area contributed by atoms with Gasteiger partial charge in [-0.25, -0.2) is 0 Å². The maximum Gasteiger partial charge on any atom is 0.270 e. The fraction of sp³-hybridized carbons (Fsp3) is 0.643. The van der Waals surface area contributed by atoms with E-state index >= 15 is 0 Å². The summed E-state index contributed by atoms with van der Waals surface area (Å²) in [5.74, 6) is 0.101. The largest absolute Gasteiger partial charge is 0.395 e. The van der Waals surface area contributed by atoms with Crippen molar-refractivity contribution >= 4 is 5.91 Å². The highest BCUT2D eigenvalue weighted by atomic mass is 16.3. The molecule has 0 aromatic carbocycles. The first-order valence-electron chi connectivity index (χ1n) is 6.93. The van der Waals surface area contributed by atoms with Crippen LogP contribution in [-0.4, -0.2) is 64.2 Å². The quantitative estimate of drug-likeness (QED) is 0.865. The number of carbonyl (C=O) groups excluding carboxylic acids is 1. The Hall–Kier alpha value is -1.33. The highest BCUT2D eigenvalue weighted by Crippen LogP contribution is 2.12. The number of hydrogen-bond donors (Lipinski definition) is 1. The van der Waals surface area contributed by atoms with Gasteiger partial charge in [-0.1, -0.05) is 6.92 Å². The third kappa shape index (κ3) is 2.98. The van der Waals surface area contributed by atoms with E-state index in [1.54, 1.807) is 0 Å². The van der Waals surface area contributed by atoms with Gasteiger partial charge in [0.25, 0.3) is 5.91 Å². The number of aliphatic hydroxyl groups is 1. The molecular weight excluding hydrogens is 242 g/mol. The van der Waals surface area contributed by atoms with Crippen LogP contribution in [-0.2, 0) is 7.05 Å². The van der Waals surface area contributed by atoms with Crippen LogP contribution in [0.5, 0.6) is 0 Å². The van der Waals surface area contributed by atoms with Crippen molar-refractivity contribution in [3.63, 3.8) is 0 Å². The molecule has 2 rings (SSSR count). The van der Waals surface area contributed by atoms with Crippen molar-refractivity contribution in [2.24, 2.45) is 7.05 Å². The Labute approximate surface area is 114 Å². The third-order valence-electron chi connectivity index (χ3n) is 3.96. The van der Waals surface area contributed by atoms with Crippen LogP contribution < -0.4 is 0 Å². The first kappa shape index (κ1) is 14.1. The van der Waals surface area contributed by atoms with Crippen molar-refractivity contribution in [2.75, 3.05) is 32.8 Å². The molecule has 19 heavy (non-hydrogen) atoms. The van der Waals surface area contributed by atoms with Crippen LogP contribution in [0.3, 0.4) is 0 Å². The SMILES string of the molecule is CCC(CO)N1CCN(C(=O)c2cccn2C)CC1. The van der Waals surface area contributed by atoms with Gasteiger partial charge in [-0.15, -0.1) is 0 Å². The van der Waals surface area contributed by atoms with Gasteiger partial charge in [0.05, 0.1) is 6.61 Å². The fourth-order valence-electron chi connectivity index (χ4n) is 2.64. The topological polar surface area (TPSA) is 48.7 Å². The average Bonchev–Trinajstić information content (AvgIpc) is 2.86. The number of rotatable bonds is 4. The summed E-state index contributed by atoms with van der Waals surface area (Å²) >= 11 is 0. The predicted octanol–water partition coefficient (Wildman–Crippen LogP) is 0.554. The number of amides is 1. The predicted molar refractivity (Wildman–Crippen MR) is 74.1 cm³/mol. The minimum atomic E-state index is 0.101. The van der Waals surface area contributed by atoms with Gasteiger partial charge in [0.15, 0.2) is 0 Å². The van der Waals surface area contributed by atoms with Crippen LogP contribution in [0.25, 0.3) is 0 Å². The van der Waals surface area contributed by atoms with E-state index in [0.717, 1.165) is 38.3 Å². The Morgan fingerprint density at radius 3 is 2.53 bits per heavy atom. The fourth-order valence-corrected chi connectivity index (χ4v) is 2.64. The second kappa shape index (κ2) is 6.21. The standard InChI is InChI=1S/C14H23N3O2/c1-3-12(11-18)16-7-9-17(10-8-16)14(19)13-5-4-6-15(13)2/h4-6,12,18H,3,7-11H2,1-2H3. The van der Waals surface area contributed by atoms with E-state index in [2.05, 4.69) is 11.8 Å². The molecule has 1 N–H and O–H groups in total. The van der Waals surface area contributed by atoms with E-state index in [-0.39, 0.29) is 18.6 Å².